The molecule has 0 aliphatic heterocycles. The molecule has 0 heterocycles. The van der Waals surface area contributed by atoms with Crippen LogP contribution in [0.1, 0.15) is 22.3 Å². The summed E-state index contributed by atoms with van der Waals surface area (Å²) in [5.41, 5.74) is 3.52. The topological polar surface area (TPSA) is 90.2 Å². The maximum absolute atomic E-state index is 9.05. The van der Waals surface area contributed by atoms with E-state index in [-0.39, 0.29) is 30.6 Å². The van der Waals surface area contributed by atoms with Crippen LogP contribution in [0.25, 0.3) is 0 Å². The Hall–Kier alpha value is -2.48. The molecule has 4 aromatic rings. The van der Waals surface area contributed by atoms with Gasteiger partial charge in [0.25, 0.3) is 0 Å². The van der Waals surface area contributed by atoms with Crippen molar-refractivity contribution in [2.75, 3.05) is 0 Å². The van der Waals surface area contributed by atoms with Crippen molar-refractivity contribution in [2.24, 2.45) is 0 Å². The van der Waals surface area contributed by atoms with Crippen molar-refractivity contribution < 1.29 is 25.2 Å². The third-order valence-electron chi connectivity index (χ3n) is 4.73. The number of rotatable bonds is 6. The average Bonchev–Trinajstić information content (AvgIpc) is 2.91. The highest BCUT2D eigenvalue weighted by atomic mass is 35.5. The van der Waals surface area contributed by atoms with Gasteiger partial charge in [-0.05, 0) is 58.7 Å². The van der Waals surface area contributed by atoms with Crippen LogP contribution >= 0.6 is 46.4 Å². The molecule has 0 saturated heterocycles. The molecular formula is C28H26Cl4O5. The fourth-order valence-electron chi connectivity index (χ4n) is 2.88. The number of halogens is 4. The average molecular weight is 584 g/mol. The smallest absolute Gasteiger partial charge is 0.138 e. The molecule has 0 amide bonds. The van der Waals surface area contributed by atoms with Crippen LogP contribution in [0.5, 0.6) is 11.5 Å². The number of phenolic OH excluding ortho intramolecular Hbond substituents is 1. The van der Waals surface area contributed by atoms with Crippen molar-refractivity contribution >= 4 is 46.4 Å². The monoisotopic (exact) mass is 582 g/mol. The van der Waals surface area contributed by atoms with E-state index in [1.165, 1.54) is 12.1 Å². The van der Waals surface area contributed by atoms with Crippen LogP contribution in [-0.2, 0) is 26.4 Å². The Morgan fingerprint density at radius 1 is 0.541 bits per heavy atom. The summed E-state index contributed by atoms with van der Waals surface area (Å²) < 4.78 is 5.61. The predicted molar refractivity (Wildman–Crippen MR) is 150 cm³/mol. The molecule has 0 unspecified atom stereocenters. The van der Waals surface area contributed by atoms with E-state index in [1.54, 1.807) is 30.3 Å². The van der Waals surface area contributed by atoms with E-state index in [0.29, 0.717) is 27.4 Å². The Bertz CT molecular complexity index is 1250. The van der Waals surface area contributed by atoms with Gasteiger partial charge >= 0.3 is 0 Å². The van der Waals surface area contributed by atoms with Crippen molar-refractivity contribution in [3.8, 4) is 11.5 Å². The summed E-state index contributed by atoms with van der Waals surface area (Å²) in [7, 11) is 0. The first-order chi connectivity index (χ1) is 17.7. The fourth-order valence-corrected chi connectivity index (χ4v) is 3.75. The first-order valence-corrected chi connectivity index (χ1v) is 12.5. The third kappa shape index (κ3) is 11.2. The first-order valence-electron chi connectivity index (χ1n) is 11.0. The van der Waals surface area contributed by atoms with E-state index in [4.69, 9.17) is 71.6 Å². The second kappa shape index (κ2) is 16.4. The number of aliphatic hydroxyl groups is 3. The van der Waals surface area contributed by atoms with Crippen LogP contribution in [0.4, 0.5) is 0 Å². The largest absolute Gasteiger partial charge is 0.506 e. The van der Waals surface area contributed by atoms with Gasteiger partial charge in [0.05, 0.1) is 29.9 Å². The third-order valence-corrected chi connectivity index (χ3v) is 5.80. The molecule has 0 aromatic heterocycles. The van der Waals surface area contributed by atoms with Gasteiger partial charge in [-0.3, -0.25) is 0 Å². The molecule has 4 aromatic carbocycles. The Morgan fingerprint density at radius 2 is 1.00 bits per heavy atom. The summed E-state index contributed by atoms with van der Waals surface area (Å²) in [5, 5.41) is 37.1. The van der Waals surface area contributed by atoms with Gasteiger partial charge in [0, 0.05) is 10.0 Å². The van der Waals surface area contributed by atoms with E-state index in [9.17, 15) is 0 Å². The minimum atomic E-state index is 0.0234. The van der Waals surface area contributed by atoms with Crippen molar-refractivity contribution in [1.82, 2.24) is 0 Å². The highest BCUT2D eigenvalue weighted by Crippen LogP contribution is 2.28. The standard InChI is InChI=1S/C14H12Cl2O2.C8H10O2.C6H4Cl2O/c15-12-4-5-14(13(16)7-12)18-9-11-3-1-2-10(6-11)8-17;9-5-7-2-1-3-8(4-7)6-10;7-4-1-2-6(9)5(8)3-4/h1-7,17H,8-9H2;1-4,9-10H,5-6H2;1-3,9H. The lowest BCUT2D eigenvalue weighted by Crippen LogP contribution is -1.97. The first kappa shape index (κ1) is 30.7. The molecule has 37 heavy (non-hydrogen) atoms. The highest BCUT2D eigenvalue weighted by molar-refractivity contribution is 6.36. The number of hydrogen-bond acceptors (Lipinski definition) is 5. The molecule has 196 valence electrons. The van der Waals surface area contributed by atoms with E-state index >= 15 is 0 Å². The van der Waals surface area contributed by atoms with E-state index in [0.717, 1.165) is 22.3 Å². The minimum Gasteiger partial charge on any atom is -0.506 e. The quantitative estimate of drug-likeness (QED) is 0.189. The molecular weight excluding hydrogens is 558 g/mol. The summed E-state index contributed by atoms with van der Waals surface area (Å²) in [6.07, 6.45) is 0. The summed E-state index contributed by atoms with van der Waals surface area (Å²) in [6, 6.07) is 24.4. The molecule has 0 bridgehead atoms. The predicted octanol–water partition coefficient (Wildman–Crippen LogP) is 7.43. The molecule has 0 atom stereocenters. The fraction of sp³-hybridized carbons (Fsp3) is 0.143. The number of hydrogen-bond donors (Lipinski definition) is 4. The van der Waals surface area contributed by atoms with Crippen molar-refractivity contribution in [2.45, 2.75) is 26.4 Å². The second-order valence-electron chi connectivity index (χ2n) is 7.57. The van der Waals surface area contributed by atoms with Crippen LogP contribution in [0.3, 0.4) is 0 Å². The Kier molecular flexibility index (Phi) is 13.6. The molecule has 0 aliphatic carbocycles. The highest BCUT2D eigenvalue weighted by Gasteiger charge is 2.03. The molecule has 0 radical (unpaired) electrons. The summed E-state index contributed by atoms with van der Waals surface area (Å²) in [5.74, 6) is 0.650. The lowest BCUT2D eigenvalue weighted by atomic mass is 10.1. The number of aromatic hydroxyl groups is 1. The normalized spacial score (nSPS) is 10.0. The second-order valence-corrected chi connectivity index (χ2v) is 9.26. The van der Waals surface area contributed by atoms with Crippen LogP contribution in [-0.4, -0.2) is 20.4 Å². The van der Waals surface area contributed by atoms with Crippen molar-refractivity contribution in [3.63, 3.8) is 0 Å². The minimum absolute atomic E-state index is 0.0234. The molecule has 4 N–H and O–H groups in total. The zero-order valence-electron chi connectivity index (χ0n) is 19.6. The van der Waals surface area contributed by atoms with Gasteiger partial charge in [0.15, 0.2) is 0 Å². The molecule has 0 fully saturated rings. The number of aliphatic hydroxyl groups excluding tert-OH is 3. The molecule has 0 aliphatic rings. The molecule has 0 spiro atoms. The van der Waals surface area contributed by atoms with Crippen molar-refractivity contribution in [3.05, 3.63) is 127 Å². The lowest BCUT2D eigenvalue weighted by Gasteiger charge is -2.09. The molecule has 4 rings (SSSR count). The van der Waals surface area contributed by atoms with Gasteiger partial charge in [-0.25, -0.2) is 0 Å². The Balaban J connectivity index is 0.000000214. The van der Waals surface area contributed by atoms with Gasteiger partial charge in [-0.2, -0.15) is 0 Å². The van der Waals surface area contributed by atoms with Crippen LogP contribution in [0.15, 0.2) is 84.9 Å². The summed E-state index contributed by atoms with van der Waals surface area (Å²) in [4.78, 5) is 0. The Morgan fingerprint density at radius 3 is 1.46 bits per heavy atom. The van der Waals surface area contributed by atoms with Gasteiger partial charge in [-0.1, -0.05) is 94.9 Å². The van der Waals surface area contributed by atoms with Gasteiger partial charge in [-0.15, -0.1) is 0 Å². The Labute approximate surface area is 236 Å². The molecule has 0 saturated carbocycles. The summed E-state index contributed by atoms with van der Waals surface area (Å²) >= 11 is 22.8. The number of phenols is 1. The molecule has 5 nitrogen and oxygen atoms in total. The maximum atomic E-state index is 9.05. The SMILES string of the molecule is OCc1cccc(CO)c1.OCc1cccc(COc2ccc(Cl)cc2Cl)c1.Oc1ccc(Cl)cc1Cl. The van der Waals surface area contributed by atoms with Gasteiger partial charge in [0.1, 0.15) is 18.1 Å². The van der Waals surface area contributed by atoms with E-state index in [1.807, 2.05) is 42.5 Å². The van der Waals surface area contributed by atoms with Gasteiger partial charge in [0.2, 0.25) is 0 Å². The summed E-state index contributed by atoms with van der Waals surface area (Å²) in [6.45, 7) is 0.492. The maximum Gasteiger partial charge on any atom is 0.138 e. The van der Waals surface area contributed by atoms with Crippen LogP contribution in [0.2, 0.25) is 20.1 Å². The molecule has 9 heteroatoms. The van der Waals surface area contributed by atoms with E-state index < -0.39 is 0 Å². The lowest BCUT2D eigenvalue weighted by molar-refractivity contribution is 0.275. The van der Waals surface area contributed by atoms with Crippen LogP contribution in [0, 0.1) is 0 Å². The zero-order chi connectivity index (χ0) is 27.2. The van der Waals surface area contributed by atoms with Gasteiger partial charge < -0.3 is 25.2 Å². The van der Waals surface area contributed by atoms with Crippen molar-refractivity contribution in [1.29, 1.82) is 0 Å². The zero-order valence-corrected chi connectivity index (χ0v) is 22.6. The van der Waals surface area contributed by atoms with Crippen LogP contribution < -0.4 is 4.74 Å². The number of benzene rings is 4. The van der Waals surface area contributed by atoms with E-state index in [2.05, 4.69) is 0 Å². The number of ether oxygens (including phenoxy) is 1.